The molecule has 2 heterocycles. The van der Waals surface area contributed by atoms with Gasteiger partial charge in [0.1, 0.15) is 0 Å². The van der Waals surface area contributed by atoms with Crippen molar-refractivity contribution in [3.63, 3.8) is 0 Å². The van der Waals surface area contributed by atoms with Gasteiger partial charge in [0.2, 0.25) is 0 Å². The number of fused-ring (bicyclic) bond motifs is 6. The van der Waals surface area contributed by atoms with Gasteiger partial charge in [0.25, 0.3) is 0 Å². The van der Waals surface area contributed by atoms with Gasteiger partial charge in [-0.3, -0.25) is 0 Å². The molecular weight excluding hydrogens is 510 g/mol. The maximum absolute atomic E-state index is 9.67. The molecule has 0 N–H and O–H groups in total. The van der Waals surface area contributed by atoms with E-state index in [2.05, 4.69) is 139 Å². The van der Waals surface area contributed by atoms with E-state index in [0.29, 0.717) is 11.8 Å². The molecule has 3 aliphatic carbocycles. The molecule has 0 fully saturated rings. The van der Waals surface area contributed by atoms with Crippen molar-refractivity contribution in [2.24, 2.45) is 11.8 Å². The fraction of sp³-hybridized carbons (Fsp3) is 0.205. The Morgan fingerprint density at radius 1 is 0.810 bits per heavy atom. The number of hydrogen-bond acceptors (Lipinski definition) is 2. The van der Waals surface area contributed by atoms with Crippen LogP contribution in [-0.2, 0) is 6.42 Å². The molecule has 3 aromatic carbocycles. The van der Waals surface area contributed by atoms with E-state index in [0.717, 1.165) is 18.4 Å². The molecule has 0 amide bonds. The SMILES string of the molecule is CC1C=C(n2c3c(c4ccccc42)C=CC(C)C3)C(c2ccccc2N2c3ccccc3C3C=C(C#N)C=CC32)=CC1. The van der Waals surface area contributed by atoms with Crippen molar-refractivity contribution in [3.8, 4) is 6.07 Å². The third-order valence-electron chi connectivity index (χ3n) is 9.41. The fourth-order valence-electron chi connectivity index (χ4n) is 7.51. The Morgan fingerprint density at radius 2 is 1.60 bits per heavy atom. The number of rotatable bonds is 3. The summed E-state index contributed by atoms with van der Waals surface area (Å²) in [7, 11) is 0. The van der Waals surface area contributed by atoms with E-state index in [1.807, 2.05) is 6.08 Å². The van der Waals surface area contributed by atoms with E-state index in [9.17, 15) is 5.26 Å². The molecule has 3 nitrogen and oxygen atoms in total. The Morgan fingerprint density at radius 3 is 2.48 bits per heavy atom. The second kappa shape index (κ2) is 9.64. The van der Waals surface area contributed by atoms with E-state index in [4.69, 9.17) is 0 Å². The van der Waals surface area contributed by atoms with Crippen LogP contribution in [0.4, 0.5) is 11.4 Å². The number of nitriles is 1. The minimum absolute atomic E-state index is 0.127. The highest BCUT2D eigenvalue weighted by Crippen LogP contribution is 2.51. The standard InChI is InChI=1S/C39H33N3/c1-25-15-18-31(38(21-25)42-35-13-7-4-10-29(35)32-19-16-26(2)22-39(32)42)28-9-3-6-12-34(28)41-36-14-8-5-11-30(36)33-23-27(24-40)17-20-37(33)41/h3-14,16-21,23,25-26,33,37H,15,22H2,1-2H3. The van der Waals surface area contributed by atoms with Gasteiger partial charge in [-0.2, -0.15) is 5.26 Å². The number of allylic oxidation sites excluding steroid dienone is 7. The zero-order valence-corrected chi connectivity index (χ0v) is 24.0. The van der Waals surface area contributed by atoms with E-state index in [-0.39, 0.29) is 12.0 Å². The maximum Gasteiger partial charge on any atom is 0.0988 e. The van der Waals surface area contributed by atoms with Gasteiger partial charge >= 0.3 is 0 Å². The molecular formula is C39H33N3. The lowest BCUT2D eigenvalue weighted by atomic mass is 9.87. The fourth-order valence-corrected chi connectivity index (χ4v) is 7.51. The molecule has 42 heavy (non-hydrogen) atoms. The second-order valence-electron chi connectivity index (χ2n) is 12.2. The number of anilines is 2. The van der Waals surface area contributed by atoms with E-state index < -0.39 is 0 Å². The van der Waals surface area contributed by atoms with Crippen LogP contribution in [0, 0.1) is 23.2 Å². The molecule has 204 valence electrons. The first-order valence-electron chi connectivity index (χ1n) is 15.1. The molecule has 1 aromatic heterocycles. The Labute approximate surface area is 247 Å². The number of aromatic nitrogens is 1. The summed E-state index contributed by atoms with van der Waals surface area (Å²) >= 11 is 0. The van der Waals surface area contributed by atoms with Crippen molar-refractivity contribution in [2.75, 3.05) is 4.90 Å². The van der Waals surface area contributed by atoms with Crippen molar-refractivity contribution in [1.82, 2.24) is 4.57 Å². The number of para-hydroxylation sites is 3. The predicted molar refractivity (Wildman–Crippen MR) is 174 cm³/mol. The largest absolute Gasteiger partial charge is 0.333 e. The first-order chi connectivity index (χ1) is 20.6. The van der Waals surface area contributed by atoms with Gasteiger partial charge in [-0.1, -0.05) is 105 Å². The highest BCUT2D eigenvalue weighted by atomic mass is 15.2. The summed E-state index contributed by atoms with van der Waals surface area (Å²) in [5, 5.41) is 11.0. The summed E-state index contributed by atoms with van der Waals surface area (Å²) in [6, 6.07) is 29.0. The smallest absolute Gasteiger partial charge is 0.0988 e. The Bertz CT molecular complexity index is 1950. The third-order valence-corrected chi connectivity index (χ3v) is 9.41. The van der Waals surface area contributed by atoms with Crippen LogP contribution in [0.25, 0.3) is 28.2 Å². The normalized spacial score (nSPS) is 23.9. The summed E-state index contributed by atoms with van der Waals surface area (Å²) in [5.41, 5.74) is 12.3. The lowest BCUT2D eigenvalue weighted by Crippen LogP contribution is -2.29. The summed E-state index contributed by atoms with van der Waals surface area (Å²) in [4.78, 5) is 2.50. The van der Waals surface area contributed by atoms with Gasteiger partial charge in [0.05, 0.1) is 17.6 Å². The van der Waals surface area contributed by atoms with Crippen LogP contribution in [0.5, 0.6) is 0 Å². The lowest BCUT2D eigenvalue weighted by Gasteiger charge is -2.33. The van der Waals surface area contributed by atoms with Crippen molar-refractivity contribution in [3.05, 3.63) is 137 Å². The molecule has 0 spiro atoms. The minimum atomic E-state index is 0.127. The van der Waals surface area contributed by atoms with Crippen molar-refractivity contribution in [2.45, 2.75) is 38.6 Å². The maximum atomic E-state index is 9.67. The van der Waals surface area contributed by atoms with Crippen LogP contribution < -0.4 is 4.90 Å². The molecule has 4 atom stereocenters. The van der Waals surface area contributed by atoms with Crippen molar-refractivity contribution in [1.29, 1.82) is 5.26 Å². The molecule has 1 aliphatic heterocycles. The van der Waals surface area contributed by atoms with Crippen LogP contribution in [0.2, 0.25) is 0 Å². The predicted octanol–water partition coefficient (Wildman–Crippen LogP) is 9.43. The first kappa shape index (κ1) is 24.9. The van der Waals surface area contributed by atoms with Crippen LogP contribution in [0.15, 0.2) is 115 Å². The second-order valence-corrected chi connectivity index (χ2v) is 12.2. The van der Waals surface area contributed by atoms with Crippen molar-refractivity contribution >= 4 is 39.6 Å². The van der Waals surface area contributed by atoms with E-state index in [1.165, 1.54) is 55.9 Å². The molecule has 0 radical (unpaired) electrons. The average molecular weight is 544 g/mol. The van der Waals surface area contributed by atoms with Crippen LogP contribution in [0.3, 0.4) is 0 Å². The van der Waals surface area contributed by atoms with E-state index >= 15 is 0 Å². The van der Waals surface area contributed by atoms with Crippen molar-refractivity contribution < 1.29 is 0 Å². The van der Waals surface area contributed by atoms with Gasteiger partial charge in [-0.15, -0.1) is 0 Å². The van der Waals surface area contributed by atoms with Crippen LogP contribution in [-0.4, -0.2) is 10.6 Å². The lowest BCUT2D eigenvalue weighted by molar-refractivity contribution is 0.689. The van der Waals surface area contributed by atoms with Crippen LogP contribution >= 0.6 is 0 Å². The summed E-state index contributed by atoms with van der Waals surface area (Å²) < 4.78 is 2.56. The molecule has 4 unspecified atom stereocenters. The third kappa shape index (κ3) is 3.72. The summed E-state index contributed by atoms with van der Waals surface area (Å²) in [6.45, 7) is 4.64. The van der Waals surface area contributed by atoms with Gasteiger partial charge in [0.15, 0.2) is 0 Å². The van der Waals surface area contributed by atoms with Gasteiger partial charge in [0, 0.05) is 56.3 Å². The van der Waals surface area contributed by atoms with Crippen LogP contribution in [0.1, 0.15) is 48.6 Å². The Kier molecular flexibility index (Phi) is 5.72. The van der Waals surface area contributed by atoms with Gasteiger partial charge in [-0.05, 0) is 54.5 Å². The molecule has 0 saturated heterocycles. The zero-order chi connectivity index (χ0) is 28.4. The summed E-state index contributed by atoms with van der Waals surface area (Å²) in [6.07, 6.45) is 18.0. The number of hydrogen-bond donors (Lipinski definition) is 0. The highest BCUT2D eigenvalue weighted by Gasteiger charge is 2.39. The number of benzene rings is 3. The molecule has 3 heteroatoms. The summed E-state index contributed by atoms with van der Waals surface area (Å²) in [5.74, 6) is 1.11. The van der Waals surface area contributed by atoms with Gasteiger partial charge in [-0.25, -0.2) is 0 Å². The molecule has 4 aliphatic rings. The van der Waals surface area contributed by atoms with E-state index in [1.54, 1.807) is 0 Å². The monoisotopic (exact) mass is 543 g/mol. The quantitative estimate of drug-likeness (QED) is 0.258. The Balaban J connectivity index is 1.32. The minimum Gasteiger partial charge on any atom is -0.333 e. The molecule has 0 saturated carbocycles. The molecule has 0 bridgehead atoms. The number of nitrogens with zero attached hydrogens (tertiary/aromatic N) is 3. The topological polar surface area (TPSA) is 32.0 Å². The Hall–Kier alpha value is -4.81. The zero-order valence-electron chi connectivity index (χ0n) is 24.0. The first-order valence-corrected chi connectivity index (χ1v) is 15.1. The average Bonchev–Trinajstić information content (AvgIpc) is 3.53. The molecule has 4 aromatic rings. The highest BCUT2D eigenvalue weighted by molar-refractivity contribution is 6.07. The molecule has 8 rings (SSSR count). The van der Waals surface area contributed by atoms with Gasteiger partial charge < -0.3 is 9.47 Å².